The molecule has 0 aromatic carbocycles. The standard InChI is InChI=1S/C20H36NO5PS/c1-20(21,16-26-27(22,23)24)14-13-19-12-11-18(28-19)10-6-3-7-15-25-17-8-4-2-5-9-17/h11-12,17H,2-10,13-16,21H2,1H3,(H2,22,23,24). The van der Waals surface area contributed by atoms with Crippen LogP contribution in [0.25, 0.3) is 0 Å². The highest BCUT2D eigenvalue weighted by Crippen LogP contribution is 2.37. The number of rotatable bonds is 13. The van der Waals surface area contributed by atoms with Gasteiger partial charge in [0, 0.05) is 21.9 Å². The van der Waals surface area contributed by atoms with Gasteiger partial charge in [-0.3, -0.25) is 4.52 Å². The molecule has 0 aliphatic heterocycles. The summed E-state index contributed by atoms with van der Waals surface area (Å²) in [5.74, 6) is 0. The largest absolute Gasteiger partial charge is 0.469 e. The maximum absolute atomic E-state index is 10.8. The fourth-order valence-electron chi connectivity index (χ4n) is 3.46. The van der Waals surface area contributed by atoms with E-state index in [9.17, 15) is 4.57 Å². The number of ether oxygens (including phenoxy) is 1. The number of nitrogens with two attached hydrogens (primary N) is 1. The molecule has 1 aromatic heterocycles. The van der Waals surface area contributed by atoms with Crippen LogP contribution in [0.15, 0.2) is 12.1 Å². The predicted molar refractivity (Wildman–Crippen MR) is 114 cm³/mol. The average Bonchev–Trinajstić information content (AvgIpc) is 3.10. The van der Waals surface area contributed by atoms with Crippen molar-refractivity contribution < 1.29 is 23.6 Å². The van der Waals surface area contributed by atoms with Gasteiger partial charge in [-0.1, -0.05) is 25.7 Å². The molecule has 1 aliphatic rings. The molecule has 1 atom stereocenters. The summed E-state index contributed by atoms with van der Waals surface area (Å²) in [5, 5.41) is 0. The highest BCUT2D eigenvalue weighted by atomic mass is 32.1. The third-order valence-electron chi connectivity index (χ3n) is 5.20. The van der Waals surface area contributed by atoms with E-state index >= 15 is 0 Å². The van der Waals surface area contributed by atoms with Crippen LogP contribution < -0.4 is 5.73 Å². The Labute approximate surface area is 173 Å². The van der Waals surface area contributed by atoms with Gasteiger partial charge >= 0.3 is 7.82 Å². The van der Waals surface area contributed by atoms with Crippen LogP contribution in [0.4, 0.5) is 0 Å². The zero-order valence-corrected chi connectivity index (χ0v) is 18.7. The molecule has 1 fully saturated rings. The van der Waals surface area contributed by atoms with Crippen LogP contribution in [0.3, 0.4) is 0 Å². The first-order valence-electron chi connectivity index (χ1n) is 10.4. The number of hydrogen-bond donors (Lipinski definition) is 3. The summed E-state index contributed by atoms with van der Waals surface area (Å²) >= 11 is 1.80. The lowest BCUT2D eigenvalue weighted by Crippen LogP contribution is -2.41. The van der Waals surface area contributed by atoms with Gasteiger partial charge in [0.2, 0.25) is 0 Å². The summed E-state index contributed by atoms with van der Waals surface area (Å²) in [5.41, 5.74) is 5.32. The summed E-state index contributed by atoms with van der Waals surface area (Å²) in [6.45, 7) is 2.50. The SMILES string of the molecule is CC(N)(CCc1ccc(CCCCCOC2CCCCC2)s1)COP(=O)(O)O. The van der Waals surface area contributed by atoms with Crippen LogP contribution in [-0.2, 0) is 26.7 Å². The summed E-state index contributed by atoms with van der Waals surface area (Å²) in [4.78, 5) is 20.2. The summed E-state index contributed by atoms with van der Waals surface area (Å²) in [6, 6.07) is 4.31. The minimum absolute atomic E-state index is 0.154. The molecule has 162 valence electrons. The topological polar surface area (TPSA) is 102 Å². The second-order valence-corrected chi connectivity index (χ2v) is 10.7. The molecule has 28 heavy (non-hydrogen) atoms. The Morgan fingerprint density at radius 1 is 1.14 bits per heavy atom. The Morgan fingerprint density at radius 2 is 1.82 bits per heavy atom. The predicted octanol–water partition coefficient (Wildman–Crippen LogP) is 4.57. The molecule has 0 saturated heterocycles. The zero-order chi connectivity index (χ0) is 20.5. The number of thiophene rings is 1. The molecule has 0 radical (unpaired) electrons. The van der Waals surface area contributed by atoms with Gasteiger partial charge in [-0.05, 0) is 64.0 Å². The van der Waals surface area contributed by atoms with E-state index in [4.69, 9.17) is 20.3 Å². The van der Waals surface area contributed by atoms with Gasteiger partial charge in [0.15, 0.2) is 0 Å². The van der Waals surface area contributed by atoms with Crippen molar-refractivity contribution in [2.75, 3.05) is 13.2 Å². The number of phosphoric acid groups is 1. The van der Waals surface area contributed by atoms with E-state index < -0.39 is 13.4 Å². The Kier molecular flexibility index (Phi) is 10.1. The molecule has 6 nitrogen and oxygen atoms in total. The van der Waals surface area contributed by atoms with E-state index in [1.165, 1.54) is 54.7 Å². The van der Waals surface area contributed by atoms with Crippen LogP contribution in [0.2, 0.25) is 0 Å². The van der Waals surface area contributed by atoms with E-state index in [-0.39, 0.29) is 6.61 Å². The van der Waals surface area contributed by atoms with Crippen molar-refractivity contribution in [3.63, 3.8) is 0 Å². The summed E-state index contributed by atoms with van der Waals surface area (Å²) in [6.07, 6.45) is 13.0. The Balaban J connectivity index is 1.57. The molecule has 4 N–H and O–H groups in total. The smallest absolute Gasteiger partial charge is 0.378 e. The highest BCUT2D eigenvalue weighted by molar-refractivity contribution is 7.46. The fourth-order valence-corrected chi connectivity index (χ4v) is 4.99. The molecule has 0 bridgehead atoms. The zero-order valence-electron chi connectivity index (χ0n) is 17.0. The second kappa shape index (κ2) is 11.8. The number of phosphoric ester groups is 1. The molecule has 1 saturated carbocycles. The van der Waals surface area contributed by atoms with Gasteiger partial charge in [-0.15, -0.1) is 11.3 Å². The Bertz CT molecular complexity index is 609. The maximum Gasteiger partial charge on any atom is 0.469 e. The third-order valence-corrected chi connectivity index (χ3v) is 6.87. The van der Waals surface area contributed by atoms with E-state index in [2.05, 4.69) is 16.7 Å². The molecule has 1 unspecified atom stereocenters. The van der Waals surface area contributed by atoms with E-state index in [0.29, 0.717) is 12.5 Å². The van der Waals surface area contributed by atoms with Gasteiger partial charge in [0.1, 0.15) is 0 Å². The molecule has 0 spiro atoms. The van der Waals surface area contributed by atoms with Crippen LogP contribution >= 0.6 is 19.2 Å². The van der Waals surface area contributed by atoms with E-state index in [1.54, 1.807) is 18.3 Å². The average molecular weight is 434 g/mol. The number of unbranched alkanes of at least 4 members (excludes halogenated alkanes) is 2. The lowest BCUT2D eigenvalue weighted by atomic mass is 9.98. The molecule has 1 aromatic rings. The van der Waals surface area contributed by atoms with Crippen molar-refractivity contribution >= 4 is 19.2 Å². The molecule has 0 amide bonds. The van der Waals surface area contributed by atoms with Crippen molar-refractivity contribution in [3.05, 3.63) is 21.9 Å². The molecule has 8 heteroatoms. The van der Waals surface area contributed by atoms with Gasteiger partial charge in [0.05, 0.1) is 12.7 Å². The third kappa shape index (κ3) is 10.5. The highest BCUT2D eigenvalue weighted by Gasteiger charge is 2.24. The fraction of sp³-hybridized carbons (Fsp3) is 0.800. The first-order valence-corrected chi connectivity index (χ1v) is 12.8. The molecular formula is C20H36NO5PS. The number of aryl methyl sites for hydroxylation is 2. The minimum Gasteiger partial charge on any atom is -0.378 e. The van der Waals surface area contributed by atoms with Crippen LogP contribution in [0.5, 0.6) is 0 Å². The lowest BCUT2D eigenvalue weighted by molar-refractivity contribution is 0.0263. The van der Waals surface area contributed by atoms with Crippen LogP contribution in [-0.4, -0.2) is 34.6 Å². The molecule has 1 heterocycles. The van der Waals surface area contributed by atoms with Crippen molar-refractivity contribution in [1.82, 2.24) is 0 Å². The maximum atomic E-state index is 10.8. The minimum atomic E-state index is -4.47. The van der Waals surface area contributed by atoms with E-state index in [0.717, 1.165) is 25.9 Å². The van der Waals surface area contributed by atoms with Crippen molar-refractivity contribution in [2.24, 2.45) is 5.73 Å². The second-order valence-electron chi connectivity index (χ2n) is 8.23. The quantitative estimate of drug-likeness (QED) is 0.311. The molecular weight excluding hydrogens is 397 g/mol. The van der Waals surface area contributed by atoms with E-state index in [1.807, 2.05) is 0 Å². The van der Waals surface area contributed by atoms with Crippen LogP contribution in [0, 0.1) is 0 Å². The lowest BCUT2D eigenvalue weighted by Gasteiger charge is -2.24. The first-order chi connectivity index (χ1) is 13.2. The molecule has 2 rings (SSSR count). The monoisotopic (exact) mass is 433 g/mol. The first kappa shape index (κ1) is 24.0. The van der Waals surface area contributed by atoms with Gasteiger partial charge in [-0.2, -0.15) is 0 Å². The Hall–Kier alpha value is -0.270. The van der Waals surface area contributed by atoms with Crippen molar-refractivity contribution in [2.45, 2.75) is 89.2 Å². The molecule has 1 aliphatic carbocycles. The number of hydrogen-bond acceptors (Lipinski definition) is 5. The van der Waals surface area contributed by atoms with Crippen LogP contribution in [0.1, 0.15) is 74.5 Å². The van der Waals surface area contributed by atoms with Crippen molar-refractivity contribution in [1.29, 1.82) is 0 Å². The summed E-state index contributed by atoms with van der Waals surface area (Å²) < 4.78 is 21.3. The van der Waals surface area contributed by atoms with Gasteiger partial charge < -0.3 is 20.3 Å². The van der Waals surface area contributed by atoms with Crippen molar-refractivity contribution in [3.8, 4) is 0 Å². The van der Waals surface area contributed by atoms with Gasteiger partial charge in [0.25, 0.3) is 0 Å². The normalized spacial score (nSPS) is 18.3. The summed E-state index contributed by atoms with van der Waals surface area (Å²) in [7, 11) is -4.47. The Morgan fingerprint density at radius 3 is 2.50 bits per heavy atom. The van der Waals surface area contributed by atoms with Gasteiger partial charge in [-0.25, -0.2) is 4.57 Å².